The van der Waals surface area contributed by atoms with Crippen molar-refractivity contribution in [3.05, 3.63) is 28.8 Å². The van der Waals surface area contributed by atoms with E-state index in [1.165, 1.54) is 12.5 Å². The molecule has 5 heteroatoms. The molecule has 0 radical (unpaired) electrons. The largest absolute Gasteiger partial charge is 0.481 e. The minimum absolute atomic E-state index is 0.0884. The van der Waals surface area contributed by atoms with Gasteiger partial charge < -0.3 is 9.47 Å². The summed E-state index contributed by atoms with van der Waals surface area (Å²) in [5.74, 6) is 0.740. The summed E-state index contributed by atoms with van der Waals surface area (Å²) in [6.45, 7) is 4.39. The van der Waals surface area contributed by atoms with Crippen molar-refractivity contribution in [1.82, 2.24) is 4.90 Å². The minimum atomic E-state index is -0.670. The summed E-state index contributed by atoms with van der Waals surface area (Å²) in [4.78, 5) is 27.3. The highest BCUT2D eigenvalue weighted by Gasteiger charge is 2.74. The summed E-state index contributed by atoms with van der Waals surface area (Å²) in [6.07, 6.45) is 2.09. The molecule has 132 valence electrons. The molecule has 0 N–H and O–H groups in total. The molecule has 2 aliphatic heterocycles. The monoisotopic (exact) mass is 341 g/mol. The average Bonchev–Trinajstić information content (AvgIpc) is 2.91. The topological polar surface area (TPSA) is 55.8 Å². The summed E-state index contributed by atoms with van der Waals surface area (Å²) in [5, 5.41) is 0. The number of carbonyl (C=O) groups excluding carboxylic acids is 2. The molecule has 1 spiro atoms. The molecule has 2 fully saturated rings. The van der Waals surface area contributed by atoms with Crippen LogP contribution in [0.4, 0.5) is 0 Å². The maximum atomic E-state index is 12.9. The van der Waals surface area contributed by atoms with E-state index in [1.54, 1.807) is 0 Å². The molecule has 2 bridgehead atoms. The third-order valence-corrected chi connectivity index (χ3v) is 7.03. The second-order valence-electron chi connectivity index (χ2n) is 8.11. The van der Waals surface area contributed by atoms with Gasteiger partial charge in [-0.25, -0.2) is 0 Å². The highest BCUT2D eigenvalue weighted by atomic mass is 16.6. The molecule has 0 unspecified atom stereocenters. The van der Waals surface area contributed by atoms with Crippen molar-refractivity contribution in [2.45, 2.75) is 62.7 Å². The Morgan fingerprint density at radius 3 is 2.92 bits per heavy atom. The smallest absolute Gasteiger partial charge is 0.303 e. The summed E-state index contributed by atoms with van der Waals surface area (Å²) >= 11 is 0. The molecular weight excluding hydrogens is 318 g/mol. The maximum Gasteiger partial charge on any atom is 0.303 e. The van der Waals surface area contributed by atoms with Crippen molar-refractivity contribution < 1.29 is 19.1 Å². The van der Waals surface area contributed by atoms with Gasteiger partial charge in [-0.1, -0.05) is 12.1 Å². The molecule has 1 aromatic carbocycles. The average molecular weight is 341 g/mol. The lowest BCUT2D eigenvalue weighted by molar-refractivity contribution is -0.211. The van der Waals surface area contributed by atoms with Gasteiger partial charge >= 0.3 is 5.97 Å². The van der Waals surface area contributed by atoms with Gasteiger partial charge in [0.15, 0.2) is 11.9 Å². The SMILES string of the molecule is CC(=O)O[C@@]12CCC(=O)[C@@H]3Oc4c(C)ccc5c4[C@@]31CCN(C)[C@@H]2C5. The Kier molecular flexibility index (Phi) is 2.85. The van der Waals surface area contributed by atoms with Crippen LogP contribution in [0.1, 0.15) is 42.9 Å². The lowest BCUT2D eigenvalue weighted by Gasteiger charge is -2.63. The number of nitrogens with zero attached hydrogens (tertiary/aromatic N) is 1. The summed E-state index contributed by atoms with van der Waals surface area (Å²) in [7, 11) is 2.10. The van der Waals surface area contributed by atoms with E-state index in [9.17, 15) is 9.59 Å². The first kappa shape index (κ1) is 15.4. The Labute approximate surface area is 147 Å². The number of rotatable bonds is 1. The first-order valence-electron chi connectivity index (χ1n) is 9.13. The van der Waals surface area contributed by atoms with E-state index in [0.717, 1.165) is 36.3 Å². The van der Waals surface area contributed by atoms with E-state index in [2.05, 4.69) is 24.1 Å². The number of esters is 1. The van der Waals surface area contributed by atoms with Gasteiger partial charge in [0, 0.05) is 18.9 Å². The highest BCUT2D eigenvalue weighted by molar-refractivity contribution is 5.90. The fraction of sp³-hybridized carbons (Fsp3) is 0.600. The number of ketones is 1. The third kappa shape index (κ3) is 1.59. The maximum absolute atomic E-state index is 12.9. The van der Waals surface area contributed by atoms with Crippen molar-refractivity contribution in [3.8, 4) is 5.75 Å². The summed E-state index contributed by atoms with van der Waals surface area (Å²) in [6, 6.07) is 4.34. The number of carbonyl (C=O) groups is 2. The van der Waals surface area contributed by atoms with Gasteiger partial charge in [-0.05, 0) is 50.9 Å². The van der Waals surface area contributed by atoms with Crippen LogP contribution >= 0.6 is 0 Å². The lowest BCUT2D eigenvalue weighted by atomic mass is 9.49. The highest BCUT2D eigenvalue weighted by Crippen LogP contribution is 2.64. The first-order chi connectivity index (χ1) is 11.9. The van der Waals surface area contributed by atoms with Crippen LogP contribution in [0.5, 0.6) is 5.75 Å². The molecule has 1 saturated carbocycles. The predicted octanol–water partition coefficient (Wildman–Crippen LogP) is 1.92. The number of likely N-dealkylation sites (tertiary alicyclic amines) is 1. The zero-order valence-corrected chi connectivity index (χ0v) is 14.9. The zero-order chi connectivity index (χ0) is 17.6. The second-order valence-corrected chi connectivity index (χ2v) is 8.11. The molecule has 25 heavy (non-hydrogen) atoms. The molecule has 2 aliphatic carbocycles. The number of Topliss-reactive ketones (excluding diaryl/α,β-unsaturated/α-hetero) is 1. The van der Waals surface area contributed by atoms with Crippen LogP contribution in [0.3, 0.4) is 0 Å². The van der Waals surface area contributed by atoms with Gasteiger partial charge in [-0.3, -0.25) is 14.5 Å². The van der Waals surface area contributed by atoms with E-state index in [4.69, 9.17) is 9.47 Å². The quantitative estimate of drug-likeness (QED) is 0.731. The fourth-order valence-corrected chi connectivity index (χ4v) is 6.12. The van der Waals surface area contributed by atoms with Gasteiger partial charge in [0.2, 0.25) is 0 Å². The van der Waals surface area contributed by atoms with Gasteiger partial charge in [-0.15, -0.1) is 0 Å². The van der Waals surface area contributed by atoms with E-state index in [1.807, 2.05) is 6.92 Å². The molecule has 5 rings (SSSR count). The van der Waals surface area contributed by atoms with E-state index in [-0.39, 0.29) is 17.8 Å². The lowest BCUT2D eigenvalue weighted by Crippen LogP contribution is -2.77. The molecule has 1 aromatic rings. The number of ether oxygens (including phenoxy) is 2. The van der Waals surface area contributed by atoms with Crippen LogP contribution in [0, 0.1) is 6.92 Å². The van der Waals surface area contributed by atoms with Gasteiger partial charge in [-0.2, -0.15) is 0 Å². The van der Waals surface area contributed by atoms with Crippen LogP contribution < -0.4 is 4.74 Å². The van der Waals surface area contributed by atoms with Crippen LogP contribution in [0.15, 0.2) is 12.1 Å². The second kappa shape index (κ2) is 4.64. The van der Waals surface area contributed by atoms with E-state index < -0.39 is 17.1 Å². The van der Waals surface area contributed by atoms with E-state index in [0.29, 0.717) is 12.8 Å². The molecule has 1 saturated heterocycles. The van der Waals surface area contributed by atoms with Crippen LogP contribution in [-0.2, 0) is 26.2 Å². The Bertz CT molecular complexity index is 818. The van der Waals surface area contributed by atoms with Crippen molar-refractivity contribution in [1.29, 1.82) is 0 Å². The van der Waals surface area contributed by atoms with Crippen molar-refractivity contribution in [3.63, 3.8) is 0 Å². The van der Waals surface area contributed by atoms with Crippen LogP contribution in [0.25, 0.3) is 0 Å². The van der Waals surface area contributed by atoms with Crippen molar-refractivity contribution in [2.75, 3.05) is 13.6 Å². The number of benzene rings is 1. The van der Waals surface area contributed by atoms with Crippen molar-refractivity contribution >= 4 is 11.8 Å². The van der Waals surface area contributed by atoms with E-state index >= 15 is 0 Å². The normalized spacial score (nSPS) is 38.1. The Morgan fingerprint density at radius 1 is 1.36 bits per heavy atom. The Hall–Kier alpha value is -1.88. The summed E-state index contributed by atoms with van der Waals surface area (Å²) in [5.41, 5.74) is 2.26. The molecule has 4 atom stereocenters. The number of hydrogen-bond acceptors (Lipinski definition) is 5. The Balaban J connectivity index is 1.86. The number of hydrogen-bond donors (Lipinski definition) is 0. The zero-order valence-electron chi connectivity index (χ0n) is 14.9. The number of likely N-dealkylation sites (N-methyl/N-ethyl adjacent to an activating group) is 1. The minimum Gasteiger partial charge on any atom is -0.481 e. The predicted molar refractivity (Wildman–Crippen MR) is 90.8 cm³/mol. The molecule has 5 nitrogen and oxygen atoms in total. The van der Waals surface area contributed by atoms with Gasteiger partial charge in [0.1, 0.15) is 11.4 Å². The molecular formula is C20H23NO4. The molecule has 0 aromatic heterocycles. The number of aryl methyl sites for hydroxylation is 1. The fourth-order valence-electron chi connectivity index (χ4n) is 6.12. The first-order valence-corrected chi connectivity index (χ1v) is 9.13. The van der Waals surface area contributed by atoms with Crippen LogP contribution in [0.2, 0.25) is 0 Å². The third-order valence-electron chi connectivity index (χ3n) is 7.03. The summed E-state index contributed by atoms with van der Waals surface area (Å²) < 4.78 is 12.5. The Morgan fingerprint density at radius 2 is 2.16 bits per heavy atom. The standard InChI is InChI=1S/C20H23NO4/c1-11-4-5-13-10-15-20(25-12(2)22)7-6-14(23)18-19(20,8-9-21(15)3)16(13)17(11)24-18/h4-5,15,18H,6-10H2,1-3H3/t15-,18+,19+,20-/m1/s1. The van der Waals surface area contributed by atoms with Crippen molar-refractivity contribution in [2.24, 2.45) is 0 Å². The van der Waals surface area contributed by atoms with Gasteiger partial charge in [0.25, 0.3) is 0 Å². The molecule has 4 aliphatic rings. The molecule has 0 amide bonds. The number of piperidine rings is 1. The van der Waals surface area contributed by atoms with Crippen LogP contribution in [-0.4, -0.2) is 48.0 Å². The molecule has 2 heterocycles. The van der Waals surface area contributed by atoms with Gasteiger partial charge in [0.05, 0.1) is 11.5 Å².